The second-order valence-corrected chi connectivity index (χ2v) is 5.67. The number of hydrogen-bond donors (Lipinski definition) is 0. The Hall–Kier alpha value is -2.37. The smallest absolute Gasteiger partial charge is 0.336 e. The maximum atomic E-state index is 12.6. The van der Waals surface area contributed by atoms with Gasteiger partial charge in [0.2, 0.25) is 0 Å². The van der Waals surface area contributed by atoms with Crippen molar-refractivity contribution in [3.05, 3.63) is 24.3 Å². The summed E-state index contributed by atoms with van der Waals surface area (Å²) >= 11 is 0. The highest BCUT2D eigenvalue weighted by Crippen LogP contribution is 2.30. The van der Waals surface area contributed by atoms with Crippen LogP contribution in [-0.4, -0.2) is 34.4 Å². The molecule has 0 spiro atoms. The summed E-state index contributed by atoms with van der Waals surface area (Å²) in [6.07, 6.45) is 3.81. The molecule has 1 heterocycles. The minimum Gasteiger partial charge on any atom is -0.497 e. The highest BCUT2D eigenvalue weighted by atomic mass is 16.5. The minimum absolute atomic E-state index is 0.000849. The van der Waals surface area contributed by atoms with Crippen LogP contribution in [0.4, 0.5) is 0 Å². The Kier molecular flexibility index (Phi) is 4.60. The summed E-state index contributed by atoms with van der Waals surface area (Å²) in [5.74, 6) is 1.33. The molecule has 1 fully saturated rings. The zero-order valence-corrected chi connectivity index (χ0v) is 13.5. The molecule has 1 aromatic carbocycles. The van der Waals surface area contributed by atoms with E-state index in [0.29, 0.717) is 12.4 Å². The number of carbonyl (C=O) groups excluding carboxylic acids is 1. The third-order valence-electron chi connectivity index (χ3n) is 4.03. The summed E-state index contributed by atoms with van der Waals surface area (Å²) in [5, 5.41) is 4.27. The fourth-order valence-electron chi connectivity index (χ4n) is 2.46. The third kappa shape index (κ3) is 3.21. The van der Waals surface area contributed by atoms with Gasteiger partial charge in [0.15, 0.2) is 5.82 Å². The summed E-state index contributed by atoms with van der Waals surface area (Å²) in [7, 11) is 1.62. The van der Waals surface area contributed by atoms with Gasteiger partial charge in [0.25, 0.3) is 5.91 Å². The lowest BCUT2D eigenvalue weighted by Crippen LogP contribution is -2.28. The Morgan fingerprint density at radius 3 is 2.61 bits per heavy atom. The van der Waals surface area contributed by atoms with Crippen molar-refractivity contribution in [2.75, 3.05) is 13.7 Å². The van der Waals surface area contributed by atoms with Crippen molar-refractivity contribution in [1.29, 1.82) is 0 Å². The first-order valence-electron chi connectivity index (χ1n) is 8.01. The lowest BCUT2D eigenvalue weighted by Gasteiger charge is -2.23. The van der Waals surface area contributed by atoms with E-state index in [2.05, 4.69) is 10.1 Å². The van der Waals surface area contributed by atoms with E-state index >= 15 is 0 Å². The van der Waals surface area contributed by atoms with E-state index in [4.69, 9.17) is 9.47 Å². The molecule has 1 saturated carbocycles. The van der Waals surface area contributed by atoms with E-state index in [0.717, 1.165) is 37.0 Å². The largest absolute Gasteiger partial charge is 0.497 e. The van der Waals surface area contributed by atoms with Crippen molar-refractivity contribution < 1.29 is 14.3 Å². The van der Waals surface area contributed by atoms with Crippen LogP contribution >= 0.6 is 0 Å². The maximum Gasteiger partial charge on any atom is 0.336 e. The zero-order valence-electron chi connectivity index (χ0n) is 13.5. The first-order valence-corrected chi connectivity index (χ1v) is 8.01. The molecule has 0 amide bonds. The van der Waals surface area contributed by atoms with Gasteiger partial charge in [-0.15, -0.1) is 5.10 Å². The molecule has 1 aliphatic rings. The quantitative estimate of drug-likeness (QED) is 0.819. The first-order chi connectivity index (χ1) is 11.2. The van der Waals surface area contributed by atoms with Gasteiger partial charge in [0.1, 0.15) is 5.75 Å². The lowest BCUT2D eigenvalue weighted by atomic mass is 9.85. The standard InChI is InChI=1S/C17H21N3O3/c1-3-11-23-17-18-15(12-7-9-14(22-2)10-8-12)20(19-17)16(21)13-5-4-6-13/h7-10,13H,3-6,11H2,1-2H3. The Labute approximate surface area is 135 Å². The number of aromatic nitrogens is 3. The van der Waals surface area contributed by atoms with Crippen LogP contribution in [-0.2, 0) is 0 Å². The molecule has 3 rings (SSSR count). The Morgan fingerprint density at radius 1 is 1.30 bits per heavy atom. The molecule has 0 saturated heterocycles. The van der Waals surface area contributed by atoms with Crippen LogP contribution in [0.2, 0.25) is 0 Å². The molecule has 0 N–H and O–H groups in total. The Morgan fingerprint density at radius 2 is 2.04 bits per heavy atom. The van der Waals surface area contributed by atoms with Crippen molar-refractivity contribution in [3.63, 3.8) is 0 Å². The van der Waals surface area contributed by atoms with Gasteiger partial charge < -0.3 is 9.47 Å². The van der Waals surface area contributed by atoms with Crippen molar-refractivity contribution in [2.45, 2.75) is 32.6 Å². The summed E-state index contributed by atoms with van der Waals surface area (Å²) in [6.45, 7) is 2.55. The summed E-state index contributed by atoms with van der Waals surface area (Å²) in [5.41, 5.74) is 0.817. The third-order valence-corrected chi connectivity index (χ3v) is 4.03. The van der Waals surface area contributed by atoms with Crippen LogP contribution in [0.25, 0.3) is 11.4 Å². The molecule has 122 valence electrons. The normalized spacial score (nSPS) is 14.3. The summed E-state index contributed by atoms with van der Waals surface area (Å²) in [6, 6.07) is 7.68. The van der Waals surface area contributed by atoms with Gasteiger partial charge in [-0.05, 0) is 43.5 Å². The van der Waals surface area contributed by atoms with Crippen molar-refractivity contribution in [2.24, 2.45) is 5.92 Å². The van der Waals surface area contributed by atoms with Crippen LogP contribution in [0.1, 0.15) is 37.4 Å². The average Bonchev–Trinajstić information content (AvgIpc) is 2.95. The predicted octanol–water partition coefficient (Wildman–Crippen LogP) is 3.18. The Balaban J connectivity index is 1.94. The van der Waals surface area contributed by atoms with Crippen LogP contribution in [0, 0.1) is 5.92 Å². The van der Waals surface area contributed by atoms with E-state index in [-0.39, 0.29) is 17.8 Å². The van der Waals surface area contributed by atoms with Crippen LogP contribution in [0.15, 0.2) is 24.3 Å². The average molecular weight is 315 g/mol. The molecule has 0 radical (unpaired) electrons. The number of rotatable bonds is 6. The van der Waals surface area contributed by atoms with Gasteiger partial charge in [-0.1, -0.05) is 13.3 Å². The zero-order chi connectivity index (χ0) is 16.2. The van der Waals surface area contributed by atoms with E-state index in [1.807, 2.05) is 31.2 Å². The molecular weight excluding hydrogens is 294 g/mol. The van der Waals surface area contributed by atoms with Gasteiger partial charge >= 0.3 is 6.01 Å². The van der Waals surface area contributed by atoms with Gasteiger partial charge in [0, 0.05) is 11.5 Å². The van der Waals surface area contributed by atoms with Gasteiger partial charge in [-0.25, -0.2) is 0 Å². The number of methoxy groups -OCH3 is 1. The molecule has 0 atom stereocenters. The minimum atomic E-state index is 0.000849. The SMILES string of the molecule is CCCOc1nc(-c2ccc(OC)cc2)n(C(=O)C2CCC2)n1. The monoisotopic (exact) mass is 315 g/mol. The van der Waals surface area contributed by atoms with Gasteiger partial charge in [-0.3, -0.25) is 4.79 Å². The first kappa shape index (κ1) is 15.5. The molecule has 23 heavy (non-hydrogen) atoms. The molecule has 0 bridgehead atoms. The Bertz CT molecular complexity index is 675. The molecule has 0 aliphatic heterocycles. The van der Waals surface area contributed by atoms with Crippen LogP contribution in [0.3, 0.4) is 0 Å². The number of hydrogen-bond acceptors (Lipinski definition) is 5. The van der Waals surface area contributed by atoms with E-state index in [9.17, 15) is 4.79 Å². The van der Waals surface area contributed by atoms with E-state index in [1.54, 1.807) is 7.11 Å². The molecule has 6 nitrogen and oxygen atoms in total. The number of carbonyl (C=O) groups is 1. The van der Waals surface area contributed by atoms with Gasteiger partial charge in [-0.2, -0.15) is 9.67 Å². The topological polar surface area (TPSA) is 66.2 Å². The molecule has 6 heteroatoms. The molecule has 2 aromatic rings. The van der Waals surface area contributed by atoms with Gasteiger partial charge in [0.05, 0.1) is 13.7 Å². The molecule has 1 aliphatic carbocycles. The lowest BCUT2D eigenvalue weighted by molar-refractivity contribution is 0.0747. The van der Waals surface area contributed by atoms with Crippen molar-refractivity contribution >= 4 is 5.91 Å². The summed E-state index contributed by atoms with van der Waals surface area (Å²) in [4.78, 5) is 17.0. The van der Waals surface area contributed by atoms with Crippen LogP contribution in [0.5, 0.6) is 11.8 Å². The number of ether oxygens (including phenoxy) is 2. The second kappa shape index (κ2) is 6.81. The van der Waals surface area contributed by atoms with Crippen molar-refractivity contribution in [1.82, 2.24) is 14.8 Å². The predicted molar refractivity (Wildman–Crippen MR) is 85.8 cm³/mol. The van der Waals surface area contributed by atoms with Crippen LogP contribution < -0.4 is 9.47 Å². The number of benzene rings is 1. The fourth-order valence-corrected chi connectivity index (χ4v) is 2.46. The number of nitrogens with zero attached hydrogens (tertiary/aromatic N) is 3. The molecular formula is C17H21N3O3. The van der Waals surface area contributed by atoms with E-state index in [1.165, 1.54) is 4.68 Å². The van der Waals surface area contributed by atoms with Crippen molar-refractivity contribution in [3.8, 4) is 23.1 Å². The summed E-state index contributed by atoms with van der Waals surface area (Å²) < 4.78 is 12.1. The molecule has 0 unspecified atom stereocenters. The second-order valence-electron chi connectivity index (χ2n) is 5.67. The highest BCUT2D eigenvalue weighted by Gasteiger charge is 2.30. The highest BCUT2D eigenvalue weighted by molar-refractivity contribution is 5.85. The fraction of sp³-hybridized carbons (Fsp3) is 0.471. The molecule has 1 aromatic heterocycles. The van der Waals surface area contributed by atoms with E-state index < -0.39 is 0 Å². The maximum absolute atomic E-state index is 12.6.